The zero-order valence-electron chi connectivity index (χ0n) is 16.1. The molecule has 0 spiro atoms. The summed E-state index contributed by atoms with van der Waals surface area (Å²) in [5.74, 6) is -0.972. The van der Waals surface area contributed by atoms with Crippen molar-refractivity contribution in [3.8, 4) is 0 Å². The molecular formula is C23H24ClN2O2-. The number of aliphatic carboxylic acids is 1. The quantitative estimate of drug-likeness (QED) is 0.800. The molecule has 146 valence electrons. The fourth-order valence-electron chi connectivity index (χ4n) is 4.56. The molecule has 0 amide bonds. The van der Waals surface area contributed by atoms with E-state index in [0.29, 0.717) is 6.42 Å². The molecule has 1 aliphatic heterocycles. The molecule has 0 bridgehead atoms. The van der Waals surface area contributed by atoms with Crippen LogP contribution in [0.5, 0.6) is 0 Å². The lowest BCUT2D eigenvalue weighted by Gasteiger charge is -2.36. The molecule has 5 heteroatoms. The molecule has 28 heavy (non-hydrogen) atoms. The molecule has 4 rings (SSSR count). The third kappa shape index (κ3) is 3.59. The van der Waals surface area contributed by atoms with Crippen LogP contribution >= 0.6 is 11.6 Å². The van der Waals surface area contributed by atoms with Gasteiger partial charge >= 0.3 is 0 Å². The van der Waals surface area contributed by atoms with Gasteiger partial charge in [-0.2, -0.15) is 0 Å². The third-order valence-corrected chi connectivity index (χ3v) is 6.22. The van der Waals surface area contributed by atoms with E-state index in [2.05, 4.69) is 18.2 Å². The van der Waals surface area contributed by atoms with Crippen molar-refractivity contribution in [2.45, 2.75) is 45.1 Å². The molecule has 1 fully saturated rings. The smallest absolute Gasteiger partial charge is 0.0739 e. The number of piperidine rings is 1. The molecule has 4 nitrogen and oxygen atoms in total. The maximum absolute atomic E-state index is 11.4. The Labute approximate surface area is 170 Å². The van der Waals surface area contributed by atoms with Gasteiger partial charge in [-0.05, 0) is 67.0 Å². The maximum atomic E-state index is 11.4. The number of pyridine rings is 1. The van der Waals surface area contributed by atoms with Gasteiger partial charge in [0.25, 0.3) is 0 Å². The molecule has 1 aromatic carbocycles. The van der Waals surface area contributed by atoms with Crippen LogP contribution in [0.2, 0.25) is 5.02 Å². The second kappa shape index (κ2) is 8.06. The van der Waals surface area contributed by atoms with E-state index in [9.17, 15) is 9.90 Å². The van der Waals surface area contributed by atoms with Gasteiger partial charge in [-0.15, -0.1) is 0 Å². The second-order valence-electron chi connectivity index (χ2n) is 7.57. The van der Waals surface area contributed by atoms with Crippen molar-refractivity contribution < 1.29 is 9.90 Å². The lowest BCUT2D eigenvalue weighted by Crippen LogP contribution is -2.49. The zero-order valence-corrected chi connectivity index (χ0v) is 16.8. The number of fused-ring (bicyclic) bond motifs is 2. The molecule has 1 aromatic heterocycles. The van der Waals surface area contributed by atoms with Gasteiger partial charge in [0.05, 0.1) is 11.7 Å². The number of rotatable bonds is 3. The van der Waals surface area contributed by atoms with Gasteiger partial charge < -0.3 is 9.90 Å². The van der Waals surface area contributed by atoms with Crippen LogP contribution in [-0.2, 0) is 17.6 Å². The van der Waals surface area contributed by atoms with Gasteiger partial charge in [-0.3, -0.25) is 9.88 Å². The van der Waals surface area contributed by atoms with E-state index in [1.807, 2.05) is 30.2 Å². The SMILES string of the molecule is CCC(C(=O)[O-])N1CCC(=C2c3ccc(Cl)cc3CCc3cccnc32)CC1. The van der Waals surface area contributed by atoms with E-state index >= 15 is 0 Å². The molecule has 2 aromatic rings. The summed E-state index contributed by atoms with van der Waals surface area (Å²) >= 11 is 6.27. The summed E-state index contributed by atoms with van der Waals surface area (Å²) < 4.78 is 0. The summed E-state index contributed by atoms with van der Waals surface area (Å²) in [6.07, 6.45) is 6.01. The first kappa shape index (κ1) is 19.2. The summed E-state index contributed by atoms with van der Waals surface area (Å²) in [7, 11) is 0. The first-order chi connectivity index (χ1) is 13.6. The molecule has 0 radical (unpaired) electrons. The molecule has 1 saturated heterocycles. The summed E-state index contributed by atoms with van der Waals surface area (Å²) in [6.45, 7) is 3.37. The predicted molar refractivity (Wildman–Crippen MR) is 109 cm³/mol. The zero-order chi connectivity index (χ0) is 19.7. The minimum absolute atomic E-state index is 0.503. The highest BCUT2D eigenvalue weighted by molar-refractivity contribution is 6.30. The van der Waals surface area contributed by atoms with Crippen LogP contribution in [0.4, 0.5) is 0 Å². The van der Waals surface area contributed by atoms with Crippen molar-refractivity contribution in [3.05, 3.63) is 69.5 Å². The van der Waals surface area contributed by atoms with E-state index in [1.54, 1.807) is 0 Å². The Bertz CT molecular complexity index is 928. The van der Waals surface area contributed by atoms with Gasteiger partial charge in [0.2, 0.25) is 0 Å². The number of aryl methyl sites for hydroxylation is 2. The summed E-state index contributed by atoms with van der Waals surface area (Å²) in [4.78, 5) is 18.2. The number of likely N-dealkylation sites (tertiary alicyclic amines) is 1. The van der Waals surface area contributed by atoms with Crippen LogP contribution in [0, 0.1) is 0 Å². The summed E-state index contributed by atoms with van der Waals surface area (Å²) in [6, 6.07) is 9.80. The van der Waals surface area contributed by atoms with Crippen LogP contribution < -0.4 is 5.11 Å². The molecule has 1 aliphatic carbocycles. The first-order valence-corrected chi connectivity index (χ1v) is 10.4. The number of hydrogen-bond donors (Lipinski definition) is 0. The molecule has 2 aliphatic rings. The molecule has 1 atom stereocenters. The van der Waals surface area contributed by atoms with Gasteiger partial charge in [-0.25, -0.2) is 0 Å². The van der Waals surface area contributed by atoms with E-state index in [4.69, 9.17) is 16.6 Å². The second-order valence-corrected chi connectivity index (χ2v) is 8.01. The Kier molecular flexibility index (Phi) is 5.51. The van der Waals surface area contributed by atoms with Crippen LogP contribution in [0.1, 0.15) is 48.6 Å². The summed E-state index contributed by atoms with van der Waals surface area (Å²) in [5, 5.41) is 12.2. The van der Waals surface area contributed by atoms with Crippen LogP contribution in [0.25, 0.3) is 5.57 Å². The number of carbonyl (C=O) groups excluding carboxylic acids is 1. The molecule has 0 saturated carbocycles. The maximum Gasteiger partial charge on any atom is 0.0739 e. The van der Waals surface area contributed by atoms with Crippen molar-refractivity contribution in [2.24, 2.45) is 0 Å². The number of benzene rings is 1. The molecule has 2 heterocycles. The van der Waals surface area contributed by atoms with Crippen molar-refractivity contribution in [2.75, 3.05) is 13.1 Å². The van der Waals surface area contributed by atoms with Gasteiger partial charge in [0, 0.05) is 35.9 Å². The highest BCUT2D eigenvalue weighted by Gasteiger charge is 2.27. The Morgan fingerprint density at radius 2 is 1.93 bits per heavy atom. The monoisotopic (exact) mass is 395 g/mol. The molecule has 0 N–H and O–H groups in total. The fraction of sp³-hybridized carbons (Fsp3) is 0.391. The highest BCUT2D eigenvalue weighted by atomic mass is 35.5. The topological polar surface area (TPSA) is 56.3 Å². The van der Waals surface area contributed by atoms with Crippen LogP contribution in [-0.4, -0.2) is 35.0 Å². The minimum atomic E-state index is -0.972. The molecule has 1 unspecified atom stereocenters. The van der Waals surface area contributed by atoms with Crippen molar-refractivity contribution in [1.82, 2.24) is 9.88 Å². The Morgan fingerprint density at radius 1 is 1.18 bits per heavy atom. The number of halogens is 1. The van der Waals surface area contributed by atoms with E-state index in [1.165, 1.54) is 27.8 Å². The predicted octanol–water partition coefficient (Wildman–Crippen LogP) is 3.26. The minimum Gasteiger partial charge on any atom is -0.548 e. The van der Waals surface area contributed by atoms with Gasteiger partial charge in [-0.1, -0.05) is 36.2 Å². The highest BCUT2D eigenvalue weighted by Crippen LogP contribution is 2.38. The molecular weight excluding hydrogens is 372 g/mol. The number of aromatic nitrogens is 1. The van der Waals surface area contributed by atoms with Crippen molar-refractivity contribution >= 4 is 23.1 Å². The fourth-order valence-corrected chi connectivity index (χ4v) is 4.76. The lowest BCUT2D eigenvalue weighted by molar-refractivity contribution is -0.312. The number of carbonyl (C=O) groups is 1. The standard InChI is InChI=1S/C23H25ClN2O2/c1-2-20(23(27)28)26-12-9-15(10-13-26)21-19-8-7-18(24)14-17(19)6-5-16-4-3-11-25-22(16)21/h3-4,7-8,11,14,20H,2,5-6,9-10,12-13H2,1H3,(H,27,28)/p-1. The van der Waals surface area contributed by atoms with E-state index in [0.717, 1.165) is 49.5 Å². The Morgan fingerprint density at radius 3 is 2.64 bits per heavy atom. The van der Waals surface area contributed by atoms with Crippen molar-refractivity contribution in [3.63, 3.8) is 0 Å². The van der Waals surface area contributed by atoms with Gasteiger partial charge in [0.15, 0.2) is 0 Å². The average Bonchev–Trinajstić information content (AvgIpc) is 2.85. The Balaban J connectivity index is 1.76. The largest absolute Gasteiger partial charge is 0.548 e. The number of carboxylic acids is 1. The lowest BCUT2D eigenvalue weighted by atomic mass is 9.88. The van der Waals surface area contributed by atoms with Crippen molar-refractivity contribution in [1.29, 1.82) is 0 Å². The van der Waals surface area contributed by atoms with Gasteiger partial charge in [0.1, 0.15) is 0 Å². The normalized spacial score (nSPS) is 18.2. The Hall–Kier alpha value is -2.17. The summed E-state index contributed by atoms with van der Waals surface area (Å²) in [5.41, 5.74) is 7.39. The van der Waals surface area contributed by atoms with Crippen LogP contribution in [0.15, 0.2) is 42.1 Å². The number of nitrogens with zero attached hydrogens (tertiary/aromatic N) is 2. The van der Waals surface area contributed by atoms with E-state index < -0.39 is 12.0 Å². The average molecular weight is 396 g/mol. The van der Waals surface area contributed by atoms with E-state index in [-0.39, 0.29) is 0 Å². The number of hydrogen-bond acceptors (Lipinski definition) is 4. The first-order valence-electron chi connectivity index (χ1n) is 9.98. The third-order valence-electron chi connectivity index (χ3n) is 5.98. The van der Waals surface area contributed by atoms with Crippen LogP contribution in [0.3, 0.4) is 0 Å². The number of carboxylic acid groups (broad SMARTS) is 1.